The van der Waals surface area contributed by atoms with Crippen LogP contribution >= 0.6 is 24.8 Å². The molecule has 0 bridgehead atoms. The molecule has 2 fully saturated rings. The van der Waals surface area contributed by atoms with Gasteiger partial charge in [-0.3, -0.25) is 5.32 Å². The largest absolute Gasteiger partial charge is 0.448 e. The summed E-state index contributed by atoms with van der Waals surface area (Å²) in [5.41, 5.74) is 1.06. The molecule has 48 heavy (non-hydrogen) atoms. The van der Waals surface area contributed by atoms with Crippen LogP contribution in [0, 0.1) is 0 Å². The summed E-state index contributed by atoms with van der Waals surface area (Å²) in [5, 5.41) is 6.25. The highest BCUT2D eigenvalue weighted by Crippen LogP contribution is 2.37. The van der Waals surface area contributed by atoms with Crippen molar-refractivity contribution in [3.63, 3.8) is 0 Å². The van der Waals surface area contributed by atoms with Gasteiger partial charge in [-0.25, -0.2) is 27.7 Å². The zero-order chi connectivity index (χ0) is 33.6. The summed E-state index contributed by atoms with van der Waals surface area (Å²) in [6.45, 7) is 8.25. The molecule has 2 aliphatic rings. The first-order chi connectivity index (χ1) is 22.4. The van der Waals surface area contributed by atoms with Crippen LogP contribution in [0.4, 0.5) is 20.4 Å². The van der Waals surface area contributed by atoms with Crippen LogP contribution in [0.3, 0.4) is 0 Å². The van der Waals surface area contributed by atoms with E-state index in [1.54, 1.807) is 39.1 Å². The number of sulfonamides is 1. The molecule has 3 aromatic rings. The van der Waals surface area contributed by atoms with E-state index in [-0.39, 0.29) is 37.1 Å². The van der Waals surface area contributed by atoms with Crippen LogP contribution in [0.5, 0.6) is 0 Å². The number of thiazole rings is 1. The van der Waals surface area contributed by atoms with Crippen molar-refractivity contribution in [3.8, 4) is 10.4 Å². The number of carbonyl (C=O) groups is 2. The molecule has 15 heteroatoms. The van der Waals surface area contributed by atoms with Crippen molar-refractivity contribution in [2.75, 3.05) is 43.5 Å². The van der Waals surface area contributed by atoms with Crippen LogP contribution in [-0.4, -0.2) is 81.5 Å². The lowest BCUT2D eigenvalue weighted by molar-refractivity contribution is 0.0828. The minimum atomic E-state index is -3.98. The van der Waals surface area contributed by atoms with Crippen molar-refractivity contribution in [3.05, 3.63) is 60.3 Å². The summed E-state index contributed by atoms with van der Waals surface area (Å²) >= 11 is 1.39. The average molecular weight is 719 g/mol. The van der Waals surface area contributed by atoms with E-state index < -0.39 is 27.7 Å². The van der Waals surface area contributed by atoms with Gasteiger partial charge in [0, 0.05) is 61.5 Å². The number of ether oxygens (including phenoxy) is 2. The van der Waals surface area contributed by atoms with Crippen molar-refractivity contribution < 1.29 is 27.5 Å². The Morgan fingerprint density at radius 3 is 2.42 bits per heavy atom. The van der Waals surface area contributed by atoms with E-state index >= 15 is 0 Å². The fourth-order valence-electron chi connectivity index (χ4n) is 5.66. The average Bonchev–Trinajstić information content (AvgIpc) is 3.68. The van der Waals surface area contributed by atoms with Gasteiger partial charge >= 0.3 is 12.2 Å². The minimum Gasteiger partial charge on any atom is -0.448 e. The lowest BCUT2D eigenvalue weighted by Crippen LogP contribution is -2.40. The Kier molecular flexibility index (Phi) is 12.8. The number of alkyl carbamates (subject to hydrolysis) is 1. The first-order valence-electron chi connectivity index (χ1n) is 15.9. The van der Waals surface area contributed by atoms with E-state index in [1.807, 2.05) is 37.4 Å². The van der Waals surface area contributed by atoms with Crippen molar-refractivity contribution in [1.29, 1.82) is 0 Å². The van der Waals surface area contributed by atoms with Gasteiger partial charge in [0.25, 0.3) is 0 Å². The maximum absolute atomic E-state index is 13.6. The number of anilines is 2. The molecule has 1 atom stereocenters. The molecule has 12 nitrogen and oxygen atoms in total. The number of piperidine rings is 1. The normalized spacial score (nSPS) is 17.4. The van der Waals surface area contributed by atoms with Gasteiger partial charge in [-0.05, 0) is 64.9 Å². The first-order valence-corrected chi connectivity index (χ1v) is 18.2. The highest BCUT2D eigenvalue weighted by atomic mass is 32.2. The number of hydrogen-bond donors (Lipinski definition) is 3. The smallest absolute Gasteiger partial charge is 0.411 e. The number of rotatable bonds is 10. The maximum atomic E-state index is 13.6. The molecule has 262 valence electrons. The summed E-state index contributed by atoms with van der Waals surface area (Å²) in [4.78, 5) is 34.5. The third-order valence-corrected chi connectivity index (χ3v) is 11.0. The lowest BCUT2D eigenvalue weighted by Gasteiger charge is -2.31. The number of likely N-dealkylation sites (tertiary alicyclic amines) is 1. The van der Waals surface area contributed by atoms with E-state index in [0.717, 1.165) is 30.1 Å². The van der Waals surface area contributed by atoms with Gasteiger partial charge in [0.1, 0.15) is 12.7 Å². The van der Waals surface area contributed by atoms with Crippen molar-refractivity contribution in [2.45, 2.75) is 75.6 Å². The van der Waals surface area contributed by atoms with Crippen LogP contribution in [0.15, 0.2) is 59.6 Å². The second-order valence-corrected chi connectivity index (χ2v) is 15.7. The van der Waals surface area contributed by atoms with E-state index in [4.69, 9.17) is 9.47 Å². The number of carbonyl (C=O) groups excluding carboxylic acids is 2. The van der Waals surface area contributed by atoms with E-state index in [2.05, 4.69) is 30.1 Å². The first kappa shape index (κ1) is 37.4. The molecule has 0 spiro atoms. The third-order valence-electron chi connectivity index (χ3n) is 8.06. The molecule has 2 aromatic carbocycles. The maximum Gasteiger partial charge on any atom is 0.411 e. The molecule has 0 unspecified atom stereocenters. The Bertz CT molecular complexity index is 1640. The van der Waals surface area contributed by atoms with Crippen LogP contribution in [0.25, 0.3) is 10.4 Å². The van der Waals surface area contributed by atoms with Gasteiger partial charge in [-0.15, -0.1) is 0 Å². The van der Waals surface area contributed by atoms with Crippen LogP contribution in [0.1, 0.15) is 52.0 Å². The van der Waals surface area contributed by atoms with Gasteiger partial charge < -0.3 is 24.6 Å². The summed E-state index contributed by atoms with van der Waals surface area (Å²) in [6, 6.07) is 14.6. The summed E-state index contributed by atoms with van der Waals surface area (Å²) in [5.74, 6) is 0. The number of nitrogens with one attached hydrogen (secondary N) is 3. The number of hydrogen-bond acceptors (Lipinski definition) is 10. The summed E-state index contributed by atoms with van der Waals surface area (Å²) in [6.07, 6.45) is 3.73. The van der Waals surface area contributed by atoms with Crippen LogP contribution < -0.4 is 20.3 Å². The zero-order valence-corrected chi connectivity index (χ0v) is 30.5. The Morgan fingerprint density at radius 2 is 1.75 bits per heavy atom. The highest BCUT2D eigenvalue weighted by Gasteiger charge is 2.29. The van der Waals surface area contributed by atoms with Gasteiger partial charge in [0.15, 0.2) is 5.13 Å². The Labute approximate surface area is 294 Å². The van der Waals surface area contributed by atoms with Crippen LogP contribution in [-0.2, 0) is 26.0 Å². The predicted octanol–water partition coefficient (Wildman–Crippen LogP) is 5.54. The third kappa shape index (κ3) is 10.3. The molecular weight excluding hydrogens is 673 g/mol. The van der Waals surface area contributed by atoms with Gasteiger partial charge in [0.2, 0.25) is 10.0 Å². The Morgan fingerprint density at radius 1 is 1.02 bits per heavy atom. The number of benzene rings is 2. The minimum absolute atomic E-state index is 0. The molecule has 1 aromatic heterocycles. The molecule has 0 radical (unpaired) electrons. The molecule has 3 N–H and O–H groups in total. The van der Waals surface area contributed by atoms with Gasteiger partial charge in [-0.2, -0.15) is 13.5 Å². The Hall–Kier alpha value is -3.37. The topological polar surface area (TPSA) is 142 Å². The van der Waals surface area contributed by atoms with Crippen molar-refractivity contribution in [2.24, 2.45) is 0 Å². The van der Waals surface area contributed by atoms with Crippen LogP contribution in [0.2, 0.25) is 0 Å². The van der Waals surface area contributed by atoms with Crippen molar-refractivity contribution in [1.82, 2.24) is 19.9 Å². The second kappa shape index (κ2) is 16.4. The SMILES string of the molecule is CN1CCC[C@H]1COC(=O)Nc1ccc(-c2cnc(N3CCC(OC(=O)NCc4ccccc4)CC3)s2)c(S(=O)(=O)NC(C)(C)C)c1.S. The standard InChI is InChI=1S/C33H44N6O6S2.H2S/c1-33(2,3)37-47(42,43)29-19-24(36-32(41)44-22-25-11-8-16-38(25)4)12-13-27(29)28-21-34-30(46-28)39-17-14-26(15-18-39)45-31(40)35-20-23-9-6-5-7-10-23;/h5-7,9-10,12-13,19,21,25-26,37H,8,11,14-18,20,22H2,1-4H3,(H,35,40)(H,36,41);1H2/t25-;/m0./s1. The molecule has 5 rings (SSSR count). The number of nitrogens with zero attached hydrogens (tertiary/aromatic N) is 3. The fourth-order valence-corrected chi connectivity index (χ4v) is 8.40. The number of likely N-dealkylation sites (N-methyl/N-ethyl adjacent to an activating group) is 1. The van der Waals surface area contributed by atoms with Crippen molar-refractivity contribution >= 4 is 57.9 Å². The molecule has 2 saturated heterocycles. The molecule has 0 saturated carbocycles. The quantitative estimate of drug-likeness (QED) is 0.247. The van der Waals surface area contributed by atoms with Gasteiger partial charge in [-0.1, -0.05) is 47.7 Å². The fraction of sp³-hybridized carbons (Fsp3) is 0.485. The molecule has 0 aliphatic carbocycles. The highest BCUT2D eigenvalue weighted by molar-refractivity contribution is 7.89. The molecule has 2 amide bonds. The molecule has 3 heterocycles. The predicted molar refractivity (Wildman–Crippen MR) is 194 cm³/mol. The number of aromatic nitrogens is 1. The molecular formula is C33H46N6O6S3. The van der Waals surface area contributed by atoms with E-state index in [1.165, 1.54) is 17.4 Å². The van der Waals surface area contributed by atoms with E-state index in [9.17, 15) is 18.0 Å². The second-order valence-electron chi connectivity index (χ2n) is 13.0. The lowest BCUT2D eigenvalue weighted by atomic mass is 10.1. The summed E-state index contributed by atoms with van der Waals surface area (Å²) < 4.78 is 41.1. The number of amides is 2. The summed E-state index contributed by atoms with van der Waals surface area (Å²) in [7, 11) is -1.98. The van der Waals surface area contributed by atoms with Gasteiger partial charge in [0.05, 0.1) is 9.77 Å². The Balaban J connectivity index is 0.00000520. The monoisotopic (exact) mass is 718 g/mol. The zero-order valence-electron chi connectivity index (χ0n) is 27.8. The molecule has 2 aliphatic heterocycles. The van der Waals surface area contributed by atoms with E-state index in [0.29, 0.717) is 48.6 Å².